The summed E-state index contributed by atoms with van der Waals surface area (Å²) in [5.41, 5.74) is 0. The lowest BCUT2D eigenvalue weighted by Gasteiger charge is -2.22. The van der Waals surface area contributed by atoms with Crippen LogP contribution in [0.15, 0.2) is 0 Å². The SMILES string of the molecule is CC(C)CC(CO)NC(C)CCC(=O)O. The molecule has 0 aliphatic rings. The van der Waals surface area contributed by atoms with Crippen molar-refractivity contribution in [3.8, 4) is 0 Å². The number of nitrogens with one attached hydrogen (secondary N) is 1. The van der Waals surface area contributed by atoms with E-state index in [0.717, 1.165) is 6.42 Å². The Morgan fingerprint density at radius 1 is 1.33 bits per heavy atom. The van der Waals surface area contributed by atoms with Crippen molar-refractivity contribution in [1.82, 2.24) is 5.32 Å². The van der Waals surface area contributed by atoms with Crippen molar-refractivity contribution in [3.05, 3.63) is 0 Å². The first-order valence-electron chi connectivity index (χ1n) is 5.54. The number of aliphatic hydroxyl groups excluding tert-OH is 1. The van der Waals surface area contributed by atoms with E-state index in [1.54, 1.807) is 0 Å². The van der Waals surface area contributed by atoms with E-state index in [9.17, 15) is 4.79 Å². The Morgan fingerprint density at radius 2 is 1.93 bits per heavy atom. The van der Waals surface area contributed by atoms with Gasteiger partial charge in [0.15, 0.2) is 0 Å². The molecule has 0 radical (unpaired) electrons. The van der Waals surface area contributed by atoms with Crippen molar-refractivity contribution in [2.75, 3.05) is 6.61 Å². The molecule has 0 amide bonds. The number of hydrogen-bond acceptors (Lipinski definition) is 3. The van der Waals surface area contributed by atoms with E-state index in [0.29, 0.717) is 12.3 Å². The molecule has 2 unspecified atom stereocenters. The maximum atomic E-state index is 10.4. The highest BCUT2D eigenvalue weighted by Crippen LogP contribution is 2.06. The summed E-state index contributed by atoms with van der Waals surface area (Å²) in [6.45, 7) is 6.26. The Hall–Kier alpha value is -0.610. The molecule has 0 saturated carbocycles. The summed E-state index contributed by atoms with van der Waals surface area (Å²) in [5, 5.41) is 20.9. The van der Waals surface area contributed by atoms with Crippen molar-refractivity contribution in [1.29, 1.82) is 0 Å². The zero-order valence-electron chi connectivity index (χ0n) is 9.86. The molecular formula is C11H23NO3. The first-order valence-corrected chi connectivity index (χ1v) is 5.54. The minimum absolute atomic E-state index is 0.0776. The zero-order valence-corrected chi connectivity index (χ0v) is 9.86. The number of carbonyl (C=O) groups is 1. The molecule has 3 N–H and O–H groups in total. The van der Waals surface area contributed by atoms with Crippen LogP contribution in [-0.4, -0.2) is 34.9 Å². The van der Waals surface area contributed by atoms with Crippen molar-refractivity contribution in [2.24, 2.45) is 5.92 Å². The third-order valence-electron chi connectivity index (χ3n) is 2.29. The average molecular weight is 217 g/mol. The van der Waals surface area contributed by atoms with Crippen molar-refractivity contribution in [2.45, 2.75) is 52.1 Å². The van der Waals surface area contributed by atoms with Gasteiger partial charge in [-0.3, -0.25) is 4.79 Å². The normalized spacial score (nSPS) is 15.3. The van der Waals surface area contributed by atoms with Crippen LogP contribution in [0.2, 0.25) is 0 Å². The third-order valence-corrected chi connectivity index (χ3v) is 2.29. The van der Waals surface area contributed by atoms with Gasteiger partial charge in [-0.15, -0.1) is 0 Å². The van der Waals surface area contributed by atoms with Gasteiger partial charge in [0.25, 0.3) is 0 Å². The average Bonchev–Trinajstić information content (AvgIpc) is 2.13. The molecule has 90 valence electrons. The highest BCUT2D eigenvalue weighted by molar-refractivity contribution is 5.66. The van der Waals surface area contributed by atoms with E-state index in [2.05, 4.69) is 19.2 Å². The number of hydrogen-bond donors (Lipinski definition) is 3. The summed E-state index contributed by atoms with van der Waals surface area (Å²) in [7, 11) is 0. The van der Waals surface area contributed by atoms with Gasteiger partial charge in [-0.1, -0.05) is 13.8 Å². The summed E-state index contributed by atoms with van der Waals surface area (Å²) in [5.74, 6) is -0.241. The maximum absolute atomic E-state index is 10.4. The summed E-state index contributed by atoms with van der Waals surface area (Å²) >= 11 is 0. The van der Waals surface area contributed by atoms with Crippen molar-refractivity contribution >= 4 is 5.97 Å². The summed E-state index contributed by atoms with van der Waals surface area (Å²) < 4.78 is 0. The molecule has 0 aliphatic heterocycles. The lowest BCUT2D eigenvalue weighted by molar-refractivity contribution is -0.137. The van der Waals surface area contributed by atoms with Gasteiger partial charge in [0.1, 0.15) is 0 Å². The monoisotopic (exact) mass is 217 g/mol. The van der Waals surface area contributed by atoms with E-state index in [1.807, 2.05) is 6.92 Å². The van der Waals surface area contributed by atoms with Gasteiger partial charge in [0.05, 0.1) is 6.61 Å². The second-order valence-electron chi connectivity index (χ2n) is 4.51. The van der Waals surface area contributed by atoms with Gasteiger partial charge in [0.2, 0.25) is 0 Å². The van der Waals surface area contributed by atoms with Gasteiger partial charge < -0.3 is 15.5 Å². The topological polar surface area (TPSA) is 69.6 Å². The number of aliphatic carboxylic acids is 1. The standard InChI is InChI=1S/C11H23NO3/c1-8(2)6-10(7-13)12-9(3)4-5-11(14)15/h8-10,12-13H,4-7H2,1-3H3,(H,14,15). The first kappa shape index (κ1) is 14.4. The predicted octanol–water partition coefficient (Wildman–Crippen LogP) is 1.24. The second kappa shape index (κ2) is 7.65. The van der Waals surface area contributed by atoms with E-state index in [1.165, 1.54) is 0 Å². The smallest absolute Gasteiger partial charge is 0.303 e. The molecular weight excluding hydrogens is 194 g/mol. The third kappa shape index (κ3) is 8.39. The molecule has 0 heterocycles. The quantitative estimate of drug-likeness (QED) is 0.572. The summed E-state index contributed by atoms with van der Waals surface area (Å²) in [4.78, 5) is 10.4. The number of carboxylic acids is 1. The van der Waals surface area contributed by atoms with E-state index in [-0.39, 0.29) is 25.1 Å². The molecule has 0 aromatic heterocycles. The van der Waals surface area contributed by atoms with Crippen LogP contribution >= 0.6 is 0 Å². The molecule has 0 fully saturated rings. The maximum Gasteiger partial charge on any atom is 0.303 e. The summed E-state index contributed by atoms with van der Waals surface area (Å²) in [6.07, 6.45) is 1.69. The fourth-order valence-corrected chi connectivity index (χ4v) is 1.59. The molecule has 4 heteroatoms. The highest BCUT2D eigenvalue weighted by Gasteiger charge is 2.13. The van der Waals surface area contributed by atoms with Crippen LogP contribution in [0, 0.1) is 5.92 Å². The first-order chi connectivity index (χ1) is 6.95. The molecule has 0 aliphatic carbocycles. The Morgan fingerprint density at radius 3 is 2.33 bits per heavy atom. The molecule has 0 saturated heterocycles. The van der Waals surface area contributed by atoms with Gasteiger partial charge in [0, 0.05) is 18.5 Å². The number of rotatable bonds is 8. The van der Waals surface area contributed by atoms with Crippen molar-refractivity contribution in [3.63, 3.8) is 0 Å². The molecule has 15 heavy (non-hydrogen) atoms. The lowest BCUT2D eigenvalue weighted by Crippen LogP contribution is -2.40. The minimum atomic E-state index is -0.770. The van der Waals surface area contributed by atoms with Crippen LogP contribution in [0.3, 0.4) is 0 Å². The molecule has 0 bridgehead atoms. The zero-order chi connectivity index (χ0) is 11.8. The van der Waals surface area contributed by atoms with Gasteiger partial charge >= 0.3 is 5.97 Å². The van der Waals surface area contributed by atoms with Crippen LogP contribution in [0.4, 0.5) is 0 Å². The lowest BCUT2D eigenvalue weighted by atomic mass is 10.0. The predicted molar refractivity (Wildman–Crippen MR) is 59.8 cm³/mol. The Kier molecular flexibility index (Phi) is 7.34. The van der Waals surface area contributed by atoms with Gasteiger partial charge in [-0.05, 0) is 25.7 Å². The number of aliphatic hydroxyl groups is 1. The van der Waals surface area contributed by atoms with Gasteiger partial charge in [-0.2, -0.15) is 0 Å². The molecule has 0 spiro atoms. The molecule has 0 aromatic rings. The molecule has 0 rings (SSSR count). The van der Waals surface area contributed by atoms with Crippen LogP contribution in [0.25, 0.3) is 0 Å². The largest absolute Gasteiger partial charge is 0.481 e. The van der Waals surface area contributed by atoms with Gasteiger partial charge in [-0.25, -0.2) is 0 Å². The molecule has 0 aromatic carbocycles. The van der Waals surface area contributed by atoms with Crippen molar-refractivity contribution < 1.29 is 15.0 Å². The second-order valence-corrected chi connectivity index (χ2v) is 4.51. The summed E-state index contributed by atoms with van der Waals surface area (Å²) in [6, 6.07) is 0.214. The fraction of sp³-hybridized carbons (Fsp3) is 0.909. The number of carboxylic acid groups (broad SMARTS) is 1. The fourth-order valence-electron chi connectivity index (χ4n) is 1.59. The molecule has 4 nitrogen and oxygen atoms in total. The van der Waals surface area contributed by atoms with Crippen LogP contribution in [-0.2, 0) is 4.79 Å². The van der Waals surface area contributed by atoms with E-state index >= 15 is 0 Å². The van der Waals surface area contributed by atoms with E-state index < -0.39 is 5.97 Å². The van der Waals surface area contributed by atoms with Crippen LogP contribution < -0.4 is 5.32 Å². The van der Waals surface area contributed by atoms with Crippen LogP contribution in [0.1, 0.15) is 40.0 Å². The van der Waals surface area contributed by atoms with Crippen LogP contribution in [0.5, 0.6) is 0 Å². The molecule has 2 atom stereocenters. The van der Waals surface area contributed by atoms with E-state index in [4.69, 9.17) is 10.2 Å². The minimum Gasteiger partial charge on any atom is -0.481 e. The Bertz CT molecular complexity index is 183. The Balaban J connectivity index is 3.79. The Labute approximate surface area is 91.7 Å². The highest BCUT2D eigenvalue weighted by atomic mass is 16.4.